The van der Waals surface area contributed by atoms with Crippen LogP contribution in [0.5, 0.6) is 0 Å². The van der Waals surface area contributed by atoms with Crippen molar-refractivity contribution < 1.29 is 9.59 Å². The molecule has 0 aliphatic carbocycles. The van der Waals surface area contributed by atoms with Crippen molar-refractivity contribution in [1.82, 2.24) is 4.90 Å². The molecule has 1 aromatic carbocycles. The zero-order chi connectivity index (χ0) is 15.9. The zero-order valence-corrected chi connectivity index (χ0v) is 14.1. The van der Waals surface area contributed by atoms with Crippen LogP contribution >= 0.6 is 11.8 Å². The van der Waals surface area contributed by atoms with Gasteiger partial charge in [0.15, 0.2) is 0 Å². The Labute approximate surface area is 136 Å². The predicted octanol–water partition coefficient (Wildman–Crippen LogP) is 3.53. The molecule has 0 unspecified atom stereocenters. The van der Waals surface area contributed by atoms with Crippen LogP contribution in [0.3, 0.4) is 0 Å². The van der Waals surface area contributed by atoms with Crippen molar-refractivity contribution in [3.8, 4) is 0 Å². The number of nitrogens with one attached hydrogen (secondary N) is 1. The van der Waals surface area contributed by atoms with Gasteiger partial charge in [-0.25, -0.2) is 0 Å². The summed E-state index contributed by atoms with van der Waals surface area (Å²) >= 11 is 1.58. The van der Waals surface area contributed by atoms with Crippen LogP contribution in [0.2, 0.25) is 0 Å². The summed E-state index contributed by atoms with van der Waals surface area (Å²) in [5.74, 6) is 0.156. The molecule has 1 saturated heterocycles. The number of amides is 2. The molecule has 1 aromatic rings. The number of hydrogen-bond acceptors (Lipinski definition) is 3. The van der Waals surface area contributed by atoms with Gasteiger partial charge in [0.05, 0.1) is 5.25 Å². The summed E-state index contributed by atoms with van der Waals surface area (Å²) in [4.78, 5) is 26.6. The van der Waals surface area contributed by atoms with Gasteiger partial charge < -0.3 is 10.2 Å². The van der Waals surface area contributed by atoms with Crippen LogP contribution < -0.4 is 5.32 Å². The molecule has 1 fully saturated rings. The molecule has 120 valence electrons. The second kappa shape index (κ2) is 8.22. The van der Waals surface area contributed by atoms with Crippen molar-refractivity contribution in [3.63, 3.8) is 0 Å². The van der Waals surface area contributed by atoms with Crippen molar-refractivity contribution in [2.45, 2.75) is 49.7 Å². The van der Waals surface area contributed by atoms with E-state index in [4.69, 9.17) is 0 Å². The molecule has 1 aliphatic rings. The molecule has 1 aliphatic heterocycles. The van der Waals surface area contributed by atoms with Crippen LogP contribution in [0, 0.1) is 0 Å². The molecule has 1 N–H and O–H groups in total. The standard InChI is InChI=1S/C17H24N2O2S/c1-13(17(21)19-11-5-3-4-6-12-19)22-16-9-7-15(8-10-16)18-14(2)20/h7-10,13H,3-6,11-12H2,1-2H3,(H,18,20)/t13-/m0/s1. The van der Waals surface area contributed by atoms with E-state index < -0.39 is 0 Å². The molecule has 0 spiro atoms. The molecule has 0 bridgehead atoms. The number of nitrogens with zero attached hydrogens (tertiary/aromatic N) is 1. The Hall–Kier alpha value is -1.49. The fourth-order valence-electron chi connectivity index (χ4n) is 2.62. The summed E-state index contributed by atoms with van der Waals surface area (Å²) in [5.41, 5.74) is 0.781. The smallest absolute Gasteiger partial charge is 0.235 e. The van der Waals surface area contributed by atoms with E-state index in [9.17, 15) is 9.59 Å². The molecule has 0 aromatic heterocycles. The molecule has 4 nitrogen and oxygen atoms in total. The Morgan fingerprint density at radius 2 is 1.68 bits per heavy atom. The summed E-state index contributed by atoms with van der Waals surface area (Å²) in [6.07, 6.45) is 4.70. The van der Waals surface area contributed by atoms with E-state index in [2.05, 4.69) is 5.32 Å². The van der Waals surface area contributed by atoms with E-state index in [1.807, 2.05) is 36.1 Å². The summed E-state index contributed by atoms with van der Waals surface area (Å²) < 4.78 is 0. The molecule has 1 atom stereocenters. The van der Waals surface area contributed by atoms with Crippen LogP contribution in [0.1, 0.15) is 39.5 Å². The molecule has 22 heavy (non-hydrogen) atoms. The highest BCUT2D eigenvalue weighted by atomic mass is 32.2. The monoisotopic (exact) mass is 320 g/mol. The molecule has 0 saturated carbocycles. The molecule has 2 amide bonds. The summed E-state index contributed by atoms with van der Waals surface area (Å²) in [6.45, 7) is 5.25. The van der Waals surface area contributed by atoms with Gasteiger partial charge in [-0.3, -0.25) is 9.59 Å². The van der Waals surface area contributed by atoms with Gasteiger partial charge in [-0.15, -0.1) is 11.8 Å². The average Bonchev–Trinajstić information content (AvgIpc) is 2.77. The number of anilines is 1. The largest absolute Gasteiger partial charge is 0.342 e. The fraction of sp³-hybridized carbons (Fsp3) is 0.529. The number of hydrogen-bond donors (Lipinski definition) is 1. The van der Waals surface area contributed by atoms with E-state index in [1.54, 1.807) is 11.8 Å². The minimum absolute atomic E-state index is 0.0786. The van der Waals surface area contributed by atoms with Gasteiger partial charge in [0, 0.05) is 30.6 Å². The van der Waals surface area contributed by atoms with E-state index in [0.29, 0.717) is 0 Å². The molecule has 5 heteroatoms. The first-order valence-corrected chi connectivity index (χ1v) is 8.77. The third-order valence-electron chi connectivity index (χ3n) is 3.75. The van der Waals surface area contributed by atoms with E-state index >= 15 is 0 Å². The summed E-state index contributed by atoms with van der Waals surface area (Å²) in [5, 5.41) is 2.66. The highest BCUT2D eigenvalue weighted by Crippen LogP contribution is 2.26. The number of carbonyl (C=O) groups is 2. The van der Waals surface area contributed by atoms with E-state index in [-0.39, 0.29) is 17.1 Å². The van der Waals surface area contributed by atoms with Crippen molar-refractivity contribution in [1.29, 1.82) is 0 Å². The maximum Gasteiger partial charge on any atom is 0.235 e. The highest BCUT2D eigenvalue weighted by Gasteiger charge is 2.22. The Balaban J connectivity index is 1.91. The van der Waals surface area contributed by atoms with Gasteiger partial charge in [-0.1, -0.05) is 12.8 Å². The maximum atomic E-state index is 12.5. The fourth-order valence-corrected chi connectivity index (χ4v) is 3.57. The number of rotatable bonds is 4. The topological polar surface area (TPSA) is 49.4 Å². The lowest BCUT2D eigenvalue weighted by Crippen LogP contribution is -2.37. The zero-order valence-electron chi connectivity index (χ0n) is 13.3. The second-order valence-corrected chi connectivity index (χ2v) is 7.12. The Kier molecular flexibility index (Phi) is 6.31. The SMILES string of the molecule is CC(=O)Nc1ccc(S[C@@H](C)C(=O)N2CCCCCC2)cc1. The minimum Gasteiger partial charge on any atom is -0.342 e. The van der Waals surface area contributed by atoms with E-state index in [1.165, 1.54) is 19.8 Å². The van der Waals surface area contributed by atoms with Gasteiger partial charge in [0.1, 0.15) is 0 Å². The lowest BCUT2D eigenvalue weighted by atomic mass is 10.2. The second-order valence-electron chi connectivity index (χ2n) is 5.71. The number of likely N-dealkylation sites (tertiary alicyclic amines) is 1. The number of carbonyl (C=O) groups excluding carboxylic acids is 2. The number of benzene rings is 1. The Bertz CT molecular complexity index is 508. The van der Waals surface area contributed by atoms with Crippen LogP contribution in [0.25, 0.3) is 0 Å². The van der Waals surface area contributed by atoms with Crippen molar-refractivity contribution in [2.24, 2.45) is 0 Å². The first kappa shape index (κ1) is 16.9. The lowest BCUT2D eigenvalue weighted by Gasteiger charge is -2.23. The van der Waals surface area contributed by atoms with Crippen LogP contribution in [-0.2, 0) is 9.59 Å². The van der Waals surface area contributed by atoms with Crippen LogP contribution in [0.15, 0.2) is 29.2 Å². The lowest BCUT2D eigenvalue weighted by molar-refractivity contribution is -0.130. The first-order valence-electron chi connectivity index (χ1n) is 7.89. The van der Waals surface area contributed by atoms with Gasteiger partial charge in [0.25, 0.3) is 0 Å². The van der Waals surface area contributed by atoms with Crippen molar-refractivity contribution >= 4 is 29.3 Å². The van der Waals surface area contributed by atoms with Gasteiger partial charge in [-0.2, -0.15) is 0 Å². The average molecular weight is 320 g/mol. The highest BCUT2D eigenvalue weighted by molar-refractivity contribution is 8.00. The van der Waals surface area contributed by atoms with E-state index in [0.717, 1.165) is 36.5 Å². The molecule has 0 radical (unpaired) electrons. The van der Waals surface area contributed by atoms with Gasteiger partial charge in [-0.05, 0) is 44.0 Å². The maximum absolute atomic E-state index is 12.5. The predicted molar refractivity (Wildman–Crippen MR) is 91.1 cm³/mol. The first-order chi connectivity index (χ1) is 10.6. The molecular weight excluding hydrogens is 296 g/mol. The number of thioether (sulfide) groups is 1. The van der Waals surface area contributed by atoms with Crippen LogP contribution in [0.4, 0.5) is 5.69 Å². The molecule has 1 heterocycles. The van der Waals surface area contributed by atoms with Crippen molar-refractivity contribution in [2.75, 3.05) is 18.4 Å². The third-order valence-corrected chi connectivity index (χ3v) is 4.85. The van der Waals surface area contributed by atoms with Gasteiger partial charge in [0.2, 0.25) is 11.8 Å². The normalized spacial score (nSPS) is 16.7. The van der Waals surface area contributed by atoms with Gasteiger partial charge >= 0.3 is 0 Å². The summed E-state index contributed by atoms with van der Waals surface area (Å²) in [7, 11) is 0. The molecular formula is C17H24N2O2S. The van der Waals surface area contributed by atoms with Crippen molar-refractivity contribution in [3.05, 3.63) is 24.3 Å². The van der Waals surface area contributed by atoms with Crippen LogP contribution in [-0.4, -0.2) is 35.1 Å². The third kappa shape index (κ3) is 5.05. The molecule has 2 rings (SSSR count). The quantitative estimate of drug-likeness (QED) is 0.864. The Morgan fingerprint density at radius 1 is 1.09 bits per heavy atom. The Morgan fingerprint density at radius 3 is 2.23 bits per heavy atom. The minimum atomic E-state index is -0.0790. The summed E-state index contributed by atoms with van der Waals surface area (Å²) in [6, 6.07) is 7.63.